The van der Waals surface area contributed by atoms with Crippen molar-refractivity contribution >= 4 is 29.3 Å². The zero-order valence-electron chi connectivity index (χ0n) is 14.4. The molecule has 4 heteroatoms. The van der Waals surface area contributed by atoms with Crippen molar-refractivity contribution in [2.45, 2.75) is 49.3 Å². The molecule has 0 saturated heterocycles. The van der Waals surface area contributed by atoms with Crippen LogP contribution < -0.4 is 5.32 Å². The summed E-state index contributed by atoms with van der Waals surface area (Å²) in [6.07, 6.45) is 1.59. The molecule has 0 heterocycles. The molecule has 2 aromatic rings. The minimum absolute atomic E-state index is 0.0818. The van der Waals surface area contributed by atoms with E-state index in [-0.39, 0.29) is 16.7 Å². The first-order chi connectivity index (χ1) is 11.4. The molecule has 2 rings (SSSR count). The Morgan fingerprint density at radius 3 is 2.33 bits per heavy atom. The molecule has 128 valence electrons. The van der Waals surface area contributed by atoms with Gasteiger partial charge in [-0.05, 0) is 56.5 Å². The molecule has 0 fully saturated rings. The molecule has 0 aromatic heterocycles. The third-order valence-electron chi connectivity index (χ3n) is 3.71. The molecule has 2 aromatic carbocycles. The van der Waals surface area contributed by atoms with E-state index in [2.05, 4.69) is 31.3 Å². The van der Waals surface area contributed by atoms with E-state index in [9.17, 15) is 4.79 Å². The number of hydrogen-bond acceptors (Lipinski definition) is 2. The molecule has 24 heavy (non-hydrogen) atoms. The number of hydrogen-bond donors (Lipinski definition) is 1. The van der Waals surface area contributed by atoms with Gasteiger partial charge in [-0.2, -0.15) is 0 Å². The monoisotopic (exact) mass is 361 g/mol. The van der Waals surface area contributed by atoms with E-state index in [0.29, 0.717) is 5.02 Å². The second-order valence-electron chi connectivity index (χ2n) is 6.50. The highest BCUT2D eigenvalue weighted by atomic mass is 35.5. The minimum atomic E-state index is -0.285. The van der Waals surface area contributed by atoms with Gasteiger partial charge in [0.15, 0.2) is 0 Å². The normalized spacial score (nSPS) is 12.7. The fourth-order valence-electron chi connectivity index (χ4n) is 2.56. The summed E-state index contributed by atoms with van der Waals surface area (Å²) in [5.41, 5.74) is 0.938. The van der Waals surface area contributed by atoms with Crippen LogP contribution >= 0.6 is 23.4 Å². The quantitative estimate of drug-likeness (QED) is 0.673. The Kier molecular flexibility index (Phi) is 6.76. The lowest BCUT2D eigenvalue weighted by molar-refractivity contribution is -0.122. The van der Waals surface area contributed by atoms with Crippen molar-refractivity contribution in [3.8, 4) is 0 Å². The third kappa shape index (κ3) is 5.88. The molecular weight excluding hydrogens is 338 g/mol. The standard InChI is InChI=1S/C20H24ClNOS/c1-4-18(24-17-12-10-16(21)11-13-17)19(23)22-20(2,3)14-15-8-6-5-7-9-15/h5-13,18H,4,14H2,1-3H3,(H,22,23). The van der Waals surface area contributed by atoms with Crippen molar-refractivity contribution in [1.82, 2.24) is 5.32 Å². The number of thioether (sulfide) groups is 1. The zero-order valence-corrected chi connectivity index (χ0v) is 16.0. The van der Waals surface area contributed by atoms with Crippen LogP contribution in [0.5, 0.6) is 0 Å². The van der Waals surface area contributed by atoms with Gasteiger partial charge in [0, 0.05) is 15.5 Å². The van der Waals surface area contributed by atoms with Crippen molar-refractivity contribution in [3.05, 3.63) is 65.2 Å². The molecule has 0 radical (unpaired) electrons. The van der Waals surface area contributed by atoms with Crippen LogP contribution in [0.2, 0.25) is 5.02 Å². The SMILES string of the molecule is CCC(Sc1ccc(Cl)cc1)C(=O)NC(C)(C)Cc1ccccc1. The fraction of sp³-hybridized carbons (Fsp3) is 0.350. The van der Waals surface area contributed by atoms with Crippen LogP contribution in [0.3, 0.4) is 0 Å². The molecule has 1 N–H and O–H groups in total. The average molecular weight is 362 g/mol. The molecular formula is C20H24ClNOS. The van der Waals surface area contributed by atoms with Crippen LogP contribution in [0.15, 0.2) is 59.5 Å². The summed E-state index contributed by atoms with van der Waals surface area (Å²) in [7, 11) is 0. The maximum atomic E-state index is 12.7. The predicted molar refractivity (Wildman–Crippen MR) is 104 cm³/mol. The van der Waals surface area contributed by atoms with Gasteiger partial charge in [0.05, 0.1) is 5.25 Å². The predicted octanol–water partition coefficient (Wildman–Crippen LogP) is 5.35. The lowest BCUT2D eigenvalue weighted by atomic mass is 9.94. The van der Waals surface area contributed by atoms with Crippen LogP contribution in [0.1, 0.15) is 32.8 Å². The Bertz CT molecular complexity index is 655. The second kappa shape index (κ2) is 8.59. The Hall–Kier alpha value is -1.45. The van der Waals surface area contributed by atoms with Gasteiger partial charge < -0.3 is 5.32 Å². The van der Waals surface area contributed by atoms with Crippen molar-refractivity contribution < 1.29 is 4.79 Å². The summed E-state index contributed by atoms with van der Waals surface area (Å²) in [6.45, 7) is 6.17. The summed E-state index contributed by atoms with van der Waals surface area (Å²) in [5.74, 6) is 0.0818. The average Bonchev–Trinajstić information content (AvgIpc) is 2.54. The molecule has 2 nitrogen and oxygen atoms in total. The molecule has 1 unspecified atom stereocenters. The largest absolute Gasteiger partial charge is 0.350 e. The first kappa shape index (κ1) is 18.9. The first-order valence-electron chi connectivity index (χ1n) is 8.18. The maximum Gasteiger partial charge on any atom is 0.233 e. The Labute approximate surface area is 154 Å². The Balaban J connectivity index is 1.98. The number of carbonyl (C=O) groups excluding carboxylic acids is 1. The molecule has 0 bridgehead atoms. The summed E-state index contributed by atoms with van der Waals surface area (Å²) < 4.78 is 0. The van der Waals surface area contributed by atoms with Gasteiger partial charge in [-0.1, -0.05) is 48.9 Å². The molecule has 0 aliphatic rings. The molecule has 0 aliphatic heterocycles. The molecule has 0 spiro atoms. The number of amides is 1. The van der Waals surface area contributed by atoms with Gasteiger partial charge in [0.2, 0.25) is 5.91 Å². The smallest absolute Gasteiger partial charge is 0.233 e. The number of halogens is 1. The van der Waals surface area contributed by atoms with Gasteiger partial charge in [-0.25, -0.2) is 0 Å². The molecule has 0 saturated carbocycles. The van der Waals surface area contributed by atoms with Crippen LogP contribution in [0.4, 0.5) is 0 Å². The summed E-state index contributed by atoms with van der Waals surface area (Å²) in [5, 5.41) is 3.80. The lowest BCUT2D eigenvalue weighted by Gasteiger charge is -2.28. The first-order valence-corrected chi connectivity index (χ1v) is 9.43. The van der Waals surface area contributed by atoms with Gasteiger partial charge in [0.25, 0.3) is 0 Å². The van der Waals surface area contributed by atoms with Gasteiger partial charge in [0.1, 0.15) is 0 Å². The fourth-order valence-corrected chi connectivity index (χ4v) is 3.64. The van der Waals surface area contributed by atoms with Gasteiger partial charge >= 0.3 is 0 Å². The van der Waals surface area contributed by atoms with E-state index in [1.807, 2.05) is 49.4 Å². The molecule has 1 atom stereocenters. The van der Waals surface area contributed by atoms with Crippen LogP contribution in [-0.2, 0) is 11.2 Å². The van der Waals surface area contributed by atoms with Gasteiger partial charge in [-0.3, -0.25) is 4.79 Å². The third-order valence-corrected chi connectivity index (χ3v) is 5.33. The van der Waals surface area contributed by atoms with E-state index in [0.717, 1.165) is 17.7 Å². The summed E-state index contributed by atoms with van der Waals surface area (Å²) in [4.78, 5) is 13.8. The number of carbonyl (C=O) groups is 1. The van der Waals surface area contributed by atoms with E-state index < -0.39 is 0 Å². The van der Waals surface area contributed by atoms with E-state index >= 15 is 0 Å². The maximum absolute atomic E-state index is 12.7. The highest BCUT2D eigenvalue weighted by Crippen LogP contribution is 2.27. The second-order valence-corrected chi connectivity index (χ2v) is 8.22. The van der Waals surface area contributed by atoms with Crippen molar-refractivity contribution in [1.29, 1.82) is 0 Å². The number of rotatable bonds is 7. The van der Waals surface area contributed by atoms with Crippen LogP contribution in [0.25, 0.3) is 0 Å². The van der Waals surface area contributed by atoms with Gasteiger partial charge in [-0.15, -0.1) is 11.8 Å². The van der Waals surface area contributed by atoms with Crippen LogP contribution in [0, 0.1) is 0 Å². The molecule has 1 amide bonds. The Morgan fingerprint density at radius 2 is 1.75 bits per heavy atom. The number of benzene rings is 2. The Morgan fingerprint density at radius 1 is 1.12 bits per heavy atom. The van der Waals surface area contributed by atoms with E-state index in [1.165, 1.54) is 5.56 Å². The van der Waals surface area contributed by atoms with Crippen molar-refractivity contribution in [3.63, 3.8) is 0 Å². The highest BCUT2D eigenvalue weighted by Gasteiger charge is 2.26. The molecule has 0 aliphatic carbocycles. The minimum Gasteiger partial charge on any atom is -0.350 e. The summed E-state index contributed by atoms with van der Waals surface area (Å²) in [6, 6.07) is 17.9. The van der Waals surface area contributed by atoms with E-state index in [1.54, 1.807) is 11.8 Å². The highest BCUT2D eigenvalue weighted by molar-refractivity contribution is 8.00. The van der Waals surface area contributed by atoms with Crippen molar-refractivity contribution in [2.24, 2.45) is 0 Å². The van der Waals surface area contributed by atoms with Crippen molar-refractivity contribution in [2.75, 3.05) is 0 Å². The number of nitrogens with one attached hydrogen (secondary N) is 1. The topological polar surface area (TPSA) is 29.1 Å². The van der Waals surface area contributed by atoms with E-state index in [4.69, 9.17) is 11.6 Å². The lowest BCUT2D eigenvalue weighted by Crippen LogP contribution is -2.48. The zero-order chi connectivity index (χ0) is 17.6. The van der Waals surface area contributed by atoms with Crippen LogP contribution in [-0.4, -0.2) is 16.7 Å². The summed E-state index contributed by atoms with van der Waals surface area (Å²) >= 11 is 7.50.